The normalized spacial score (nSPS) is 14.2. The maximum absolute atomic E-state index is 15.6. The Hall–Kier alpha value is -3.15. The largest absolute Gasteiger partial charge is 0.449 e. The molecule has 0 N–H and O–H groups in total. The van der Waals surface area contributed by atoms with Crippen LogP contribution in [-0.2, 0) is 24.7 Å². The van der Waals surface area contributed by atoms with Gasteiger partial charge >= 0.3 is 6.18 Å². The monoisotopic (exact) mass is 480 g/mol. The van der Waals surface area contributed by atoms with Gasteiger partial charge in [0, 0.05) is 16.7 Å². The van der Waals surface area contributed by atoms with Crippen LogP contribution in [-0.4, -0.2) is 6.18 Å². The van der Waals surface area contributed by atoms with E-state index in [-0.39, 0.29) is 16.7 Å². The Morgan fingerprint density at radius 2 is 0.829 bits per heavy atom. The number of benzene rings is 3. The summed E-state index contributed by atoms with van der Waals surface area (Å²) in [6.45, 7) is 6.12. The molecule has 6 heteroatoms. The number of ether oxygens (including phenoxy) is 3. The lowest BCUT2D eigenvalue weighted by atomic mass is 9.68. The van der Waals surface area contributed by atoms with Crippen LogP contribution in [0, 0.1) is 0 Å². The van der Waals surface area contributed by atoms with Crippen LogP contribution in [0.15, 0.2) is 36.4 Å². The van der Waals surface area contributed by atoms with Gasteiger partial charge < -0.3 is 14.2 Å². The molecule has 35 heavy (non-hydrogen) atoms. The van der Waals surface area contributed by atoms with E-state index in [2.05, 4.69) is 0 Å². The van der Waals surface area contributed by atoms with Crippen LogP contribution in [0.4, 0.5) is 13.2 Å². The summed E-state index contributed by atoms with van der Waals surface area (Å²) >= 11 is 0. The van der Waals surface area contributed by atoms with Crippen LogP contribution in [0.2, 0.25) is 0 Å². The van der Waals surface area contributed by atoms with E-state index in [9.17, 15) is 0 Å². The van der Waals surface area contributed by atoms with Gasteiger partial charge in [-0.3, -0.25) is 0 Å². The van der Waals surface area contributed by atoms with Crippen LogP contribution < -0.4 is 14.2 Å². The molecule has 0 saturated carbocycles. The molecule has 0 aliphatic carbocycles. The van der Waals surface area contributed by atoms with E-state index < -0.39 is 11.6 Å². The van der Waals surface area contributed by atoms with Gasteiger partial charge in [-0.1, -0.05) is 76.4 Å². The molecule has 0 saturated heterocycles. The molecule has 182 valence electrons. The molecule has 6 rings (SSSR count). The zero-order valence-corrected chi connectivity index (χ0v) is 20.1. The lowest BCUT2D eigenvalue weighted by molar-refractivity contribution is -0.166. The predicted octanol–water partition coefficient (Wildman–Crippen LogP) is 8.76. The highest BCUT2D eigenvalue weighted by Gasteiger charge is 2.65. The molecule has 3 aliphatic heterocycles. The van der Waals surface area contributed by atoms with Crippen molar-refractivity contribution in [2.75, 3.05) is 0 Å². The maximum Gasteiger partial charge on any atom is 0.406 e. The van der Waals surface area contributed by atoms with Crippen LogP contribution in [0.25, 0.3) is 0 Å². The molecule has 3 nitrogen and oxygen atoms in total. The van der Waals surface area contributed by atoms with Crippen molar-refractivity contribution in [2.24, 2.45) is 0 Å². The molecule has 0 radical (unpaired) electrons. The van der Waals surface area contributed by atoms with Crippen molar-refractivity contribution < 1.29 is 27.4 Å². The summed E-state index contributed by atoms with van der Waals surface area (Å²) in [5, 5.41) is 0. The first kappa shape index (κ1) is 22.3. The van der Waals surface area contributed by atoms with E-state index in [1.54, 1.807) is 36.4 Å². The predicted molar refractivity (Wildman–Crippen MR) is 127 cm³/mol. The molecule has 3 aromatic carbocycles. The fourth-order valence-electron chi connectivity index (χ4n) is 5.58. The van der Waals surface area contributed by atoms with Gasteiger partial charge in [0.1, 0.15) is 0 Å². The van der Waals surface area contributed by atoms with Crippen molar-refractivity contribution in [2.45, 2.75) is 70.9 Å². The summed E-state index contributed by atoms with van der Waals surface area (Å²) in [4.78, 5) is 0. The van der Waals surface area contributed by atoms with Crippen LogP contribution in [0.1, 0.15) is 73.4 Å². The van der Waals surface area contributed by atoms with E-state index in [0.29, 0.717) is 34.5 Å². The maximum atomic E-state index is 15.6. The second-order valence-corrected chi connectivity index (χ2v) is 9.60. The summed E-state index contributed by atoms with van der Waals surface area (Å²) in [5.74, 6) is 2.71. The highest BCUT2D eigenvalue weighted by molar-refractivity contribution is 5.79. The van der Waals surface area contributed by atoms with Gasteiger partial charge in [0.2, 0.25) is 0 Å². The zero-order chi connectivity index (χ0) is 24.5. The van der Waals surface area contributed by atoms with E-state index >= 15 is 13.2 Å². The molecule has 0 bridgehead atoms. The quantitative estimate of drug-likeness (QED) is 0.153. The lowest BCUT2D eigenvalue weighted by Crippen LogP contribution is -2.44. The Morgan fingerprint density at radius 1 is 0.514 bits per heavy atom. The second kappa shape index (κ2) is 7.67. The highest BCUT2D eigenvalue weighted by atomic mass is 19.4. The SMILES string of the molecule is CCCc1ccc(C(c2ccc(CCC)c3c2O3)(c2ccc(CCC)c3c2O3)C(F)(F)F)c2c1O2. The molecular weight excluding hydrogens is 453 g/mol. The van der Waals surface area contributed by atoms with Crippen molar-refractivity contribution >= 4 is 0 Å². The number of alkyl halides is 3. The Kier molecular flexibility index (Phi) is 4.89. The van der Waals surface area contributed by atoms with Gasteiger partial charge in [-0.15, -0.1) is 0 Å². The number of hydrogen-bond acceptors (Lipinski definition) is 3. The van der Waals surface area contributed by atoms with Crippen molar-refractivity contribution in [3.05, 3.63) is 69.8 Å². The Bertz CT molecular complexity index is 1200. The number of rotatable bonds is 9. The van der Waals surface area contributed by atoms with E-state index in [4.69, 9.17) is 14.2 Å². The number of fused-ring (bicyclic) bond motifs is 3. The Labute approximate surface area is 202 Å². The molecule has 3 aliphatic rings. The minimum Gasteiger partial charge on any atom is -0.449 e. The number of aryl methyl sites for hydroxylation is 3. The van der Waals surface area contributed by atoms with Crippen molar-refractivity contribution in [1.82, 2.24) is 0 Å². The third kappa shape index (κ3) is 3.18. The number of hydrogen-bond donors (Lipinski definition) is 0. The first-order chi connectivity index (χ1) is 16.9. The number of halogens is 3. The molecular formula is C29H27F3O3. The van der Waals surface area contributed by atoms with Crippen molar-refractivity contribution in [3.63, 3.8) is 0 Å². The van der Waals surface area contributed by atoms with Gasteiger partial charge in [0.25, 0.3) is 0 Å². The van der Waals surface area contributed by atoms with E-state index in [1.807, 2.05) is 20.8 Å². The molecule has 0 spiro atoms. The molecule has 0 fully saturated rings. The fraction of sp³-hybridized carbons (Fsp3) is 0.379. The molecule has 3 aromatic rings. The first-order valence-electron chi connectivity index (χ1n) is 12.5. The molecule has 0 atom stereocenters. The van der Waals surface area contributed by atoms with Gasteiger partial charge in [-0.05, 0) is 36.0 Å². The molecule has 0 amide bonds. The molecule has 3 heterocycles. The zero-order valence-electron chi connectivity index (χ0n) is 20.1. The van der Waals surface area contributed by atoms with Crippen molar-refractivity contribution in [1.29, 1.82) is 0 Å². The topological polar surface area (TPSA) is 37.6 Å². The third-order valence-corrected chi connectivity index (χ3v) is 7.26. The fourth-order valence-corrected chi connectivity index (χ4v) is 5.58. The smallest absolute Gasteiger partial charge is 0.406 e. The average Bonchev–Trinajstić information content (AvgIpc) is 3.66. The van der Waals surface area contributed by atoms with Crippen LogP contribution >= 0.6 is 0 Å². The standard InChI is InChI=1S/C29H27F3O3/c1-4-7-16-10-13-19(25-22(16)33-25)28(29(30,31)32,20-14-11-17(8-5-2)23-26(20)34-23)21-15-12-18(9-6-3)24-27(21)35-24/h10-15H,4-9H2,1-3H3. The van der Waals surface area contributed by atoms with Crippen molar-refractivity contribution in [3.8, 4) is 34.5 Å². The Morgan fingerprint density at radius 3 is 1.09 bits per heavy atom. The summed E-state index contributed by atoms with van der Waals surface area (Å²) in [5.41, 5.74) is 0.661. The summed E-state index contributed by atoms with van der Waals surface area (Å²) in [6, 6.07) is 10.1. The van der Waals surface area contributed by atoms with Crippen LogP contribution in [0.5, 0.6) is 34.5 Å². The lowest BCUT2D eigenvalue weighted by Gasteiger charge is -2.35. The summed E-state index contributed by atoms with van der Waals surface area (Å²) in [7, 11) is 0. The minimum atomic E-state index is -4.67. The van der Waals surface area contributed by atoms with Gasteiger partial charge in [0.15, 0.2) is 39.9 Å². The minimum absolute atomic E-state index is 0.0988. The summed E-state index contributed by atoms with van der Waals surface area (Å²) < 4.78 is 64.1. The van der Waals surface area contributed by atoms with Gasteiger partial charge in [-0.25, -0.2) is 0 Å². The Balaban J connectivity index is 1.63. The molecule has 0 aromatic heterocycles. The van der Waals surface area contributed by atoms with Gasteiger partial charge in [0.05, 0.1) is 0 Å². The average molecular weight is 481 g/mol. The third-order valence-electron chi connectivity index (χ3n) is 7.26. The first-order valence-corrected chi connectivity index (χ1v) is 12.5. The van der Waals surface area contributed by atoms with E-state index in [1.165, 1.54) is 0 Å². The van der Waals surface area contributed by atoms with Gasteiger partial charge in [-0.2, -0.15) is 13.2 Å². The highest BCUT2D eigenvalue weighted by Crippen LogP contribution is 2.69. The summed E-state index contributed by atoms with van der Waals surface area (Å²) in [6.07, 6.45) is 0.277. The van der Waals surface area contributed by atoms with Crippen LogP contribution in [0.3, 0.4) is 0 Å². The molecule has 0 unspecified atom stereocenters. The second-order valence-electron chi connectivity index (χ2n) is 9.60. The van der Waals surface area contributed by atoms with E-state index in [0.717, 1.165) is 55.2 Å².